The van der Waals surface area contributed by atoms with Crippen LogP contribution in [0.3, 0.4) is 0 Å². The van der Waals surface area contributed by atoms with Crippen molar-refractivity contribution in [1.82, 2.24) is 0 Å². The molecule has 0 saturated carbocycles. The van der Waals surface area contributed by atoms with Gasteiger partial charge in [-0.25, -0.2) is 0 Å². The van der Waals surface area contributed by atoms with E-state index in [9.17, 15) is 4.79 Å². The van der Waals surface area contributed by atoms with Crippen LogP contribution in [0.5, 0.6) is 0 Å². The van der Waals surface area contributed by atoms with Gasteiger partial charge in [0.05, 0.1) is 17.2 Å². The topological polar surface area (TPSA) is 52.3 Å². The molecule has 1 fully saturated rings. The van der Waals surface area contributed by atoms with Gasteiger partial charge in [0.15, 0.2) is 5.78 Å². The summed E-state index contributed by atoms with van der Waals surface area (Å²) in [6.07, 6.45) is 0.995. The molecule has 2 N–H and O–H groups in total. The van der Waals surface area contributed by atoms with Gasteiger partial charge in [-0.05, 0) is 17.4 Å². The summed E-state index contributed by atoms with van der Waals surface area (Å²) in [5.41, 5.74) is 7.75. The van der Waals surface area contributed by atoms with Crippen LogP contribution < -0.4 is 5.73 Å². The normalized spacial score (nSPS) is 20.6. The Bertz CT molecular complexity index is 392. The second-order valence-electron chi connectivity index (χ2n) is 4.51. The fraction of sp³-hybridized carbons (Fsp3) is 0.583. The van der Waals surface area contributed by atoms with Gasteiger partial charge in [-0.15, -0.1) is 11.3 Å². The zero-order valence-electron chi connectivity index (χ0n) is 9.66. The van der Waals surface area contributed by atoms with Crippen molar-refractivity contribution in [2.24, 2.45) is 5.92 Å². The molecule has 0 aromatic carbocycles. The number of nitrogens with two attached hydrogens (primary N) is 1. The summed E-state index contributed by atoms with van der Waals surface area (Å²) in [7, 11) is 0. The molecule has 0 spiro atoms. The number of rotatable bonds is 3. The first-order chi connectivity index (χ1) is 7.61. The smallest absolute Gasteiger partial charge is 0.168 e. The number of nitrogen functional groups attached to an aromatic ring is 1. The lowest BCUT2D eigenvalue weighted by Gasteiger charge is -2.11. The lowest BCUT2D eigenvalue weighted by atomic mass is 9.92. The Morgan fingerprint density at radius 3 is 2.94 bits per heavy atom. The van der Waals surface area contributed by atoms with Crippen LogP contribution in [0.15, 0.2) is 5.38 Å². The van der Waals surface area contributed by atoms with Crippen LogP contribution in [-0.4, -0.2) is 19.0 Å². The minimum Gasteiger partial charge on any atom is -0.390 e. The molecule has 88 valence electrons. The molecule has 3 nitrogen and oxygen atoms in total. The van der Waals surface area contributed by atoms with E-state index in [0.29, 0.717) is 17.5 Å². The predicted octanol–water partition coefficient (Wildman–Crippen LogP) is 2.67. The number of Topliss-reactive ketones (excluding diaryl/α,β-unsaturated/α-hetero) is 1. The van der Waals surface area contributed by atoms with Crippen LogP contribution in [0.2, 0.25) is 0 Å². The molecule has 4 heteroatoms. The maximum absolute atomic E-state index is 12.1. The van der Waals surface area contributed by atoms with Crippen molar-refractivity contribution in [3.05, 3.63) is 16.5 Å². The van der Waals surface area contributed by atoms with Crippen molar-refractivity contribution >= 4 is 22.1 Å². The van der Waals surface area contributed by atoms with Gasteiger partial charge in [0.2, 0.25) is 0 Å². The van der Waals surface area contributed by atoms with E-state index < -0.39 is 0 Å². The maximum atomic E-state index is 12.1. The highest BCUT2D eigenvalue weighted by molar-refractivity contribution is 7.14. The summed E-state index contributed by atoms with van der Waals surface area (Å²) >= 11 is 1.46. The summed E-state index contributed by atoms with van der Waals surface area (Å²) in [4.78, 5) is 12.1. The molecule has 2 rings (SSSR count). The molecule has 1 aromatic rings. The molecule has 0 radical (unpaired) electrons. The van der Waals surface area contributed by atoms with Crippen LogP contribution >= 0.6 is 11.3 Å². The van der Waals surface area contributed by atoms with Gasteiger partial charge in [-0.3, -0.25) is 4.79 Å². The highest BCUT2D eigenvalue weighted by Crippen LogP contribution is 2.36. The van der Waals surface area contributed by atoms with Gasteiger partial charge in [0, 0.05) is 18.4 Å². The average Bonchev–Trinajstić information content (AvgIpc) is 2.84. The Morgan fingerprint density at radius 2 is 2.38 bits per heavy atom. The summed E-state index contributed by atoms with van der Waals surface area (Å²) < 4.78 is 5.37. The predicted molar refractivity (Wildman–Crippen MR) is 66.1 cm³/mol. The van der Waals surface area contributed by atoms with Gasteiger partial charge < -0.3 is 10.5 Å². The van der Waals surface area contributed by atoms with Crippen LogP contribution in [0.1, 0.15) is 42.1 Å². The summed E-state index contributed by atoms with van der Waals surface area (Å²) in [5, 5.41) is 2.67. The largest absolute Gasteiger partial charge is 0.390 e. The van der Waals surface area contributed by atoms with Crippen molar-refractivity contribution < 1.29 is 9.53 Å². The third kappa shape index (κ3) is 1.99. The lowest BCUT2D eigenvalue weighted by Crippen LogP contribution is -2.12. The summed E-state index contributed by atoms with van der Waals surface area (Å²) in [6.45, 7) is 5.33. The molecule has 1 aromatic heterocycles. The molecule has 0 aliphatic carbocycles. The molecule has 1 saturated heterocycles. The Labute approximate surface area is 99.6 Å². The van der Waals surface area contributed by atoms with E-state index >= 15 is 0 Å². The Morgan fingerprint density at radius 1 is 1.62 bits per heavy atom. The van der Waals surface area contributed by atoms with Crippen LogP contribution in [-0.2, 0) is 4.74 Å². The van der Waals surface area contributed by atoms with Crippen molar-refractivity contribution in [3.63, 3.8) is 0 Å². The fourth-order valence-electron chi connectivity index (χ4n) is 2.02. The second kappa shape index (κ2) is 4.55. The number of hydrogen-bond donors (Lipinski definition) is 1. The Balaban J connectivity index is 2.35. The molecular formula is C12H17NO2S. The van der Waals surface area contributed by atoms with Crippen LogP contribution in [0.25, 0.3) is 0 Å². The van der Waals surface area contributed by atoms with Crippen molar-refractivity contribution in [3.8, 4) is 0 Å². The van der Waals surface area contributed by atoms with Gasteiger partial charge in [-0.1, -0.05) is 13.8 Å². The standard InChI is InChI=1S/C12H17NO2S/c1-7(2)11(14)10-9(6-16-12(10)13)8-3-4-15-5-8/h6-8H,3-5,13H2,1-2H3. The van der Waals surface area contributed by atoms with E-state index in [4.69, 9.17) is 10.5 Å². The SMILES string of the molecule is CC(C)C(=O)c1c(C2CCOC2)csc1N. The molecule has 1 aliphatic rings. The quantitative estimate of drug-likeness (QED) is 0.825. The van der Waals surface area contributed by atoms with E-state index in [-0.39, 0.29) is 11.7 Å². The molecule has 0 bridgehead atoms. The maximum Gasteiger partial charge on any atom is 0.168 e. The van der Waals surface area contributed by atoms with Crippen LogP contribution in [0.4, 0.5) is 5.00 Å². The monoisotopic (exact) mass is 239 g/mol. The van der Waals surface area contributed by atoms with Crippen LogP contribution in [0, 0.1) is 5.92 Å². The van der Waals surface area contributed by atoms with E-state index in [0.717, 1.165) is 24.2 Å². The van der Waals surface area contributed by atoms with Gasteiger partial charge in [-0.2, -0.15) is 0 Å². The molecule has 1 atom stereocenters. The average molecular weight is 239 g/mol. The molecular weight excluding hydrogens is 222 g/mol. The van der Waals surface area contributed by atoms with E-state index in [1.165, 1.54) is 11.3 Å². The van der Waals surface area contributed by atoms with E-state index in [1.54, 1.807) is 0 Å². The fourth-order valence-corrected chi connectivity index (χ4v) is 2.92. The third-order valence-electron chi connectivity index (χ3n) is 2.99. The third-order valence-corrected chi connectivity index (χ3v) is 3.82. The summed E-state index contributed by atoms with van der Waals surface area (Å²) in [6, 6.07) is 0. The second-order valence-corrected chi connectivity index (χ2v) is 5.42. The highest BCUT2D eigenvalue weighted by atomic mass is 32.1. The molecule has 0 amide bonds. The molecule has 2 heterocycles. The number of carbonyl (C=O) groups is 1. The van der Waals surface area contributed by atoms with Gasteiger partial charge in [0.1, 0.15) is 0 Å². The number of ketones is 1. The Kier molecular flexibility index (Phi) is 3.30. The number of anilines is 1. The zero-order chi connectivity index (χ0) is 11.7. The number of ether oxygens (including phenoxy) is 1. The Hall–Kier alpha value is -0.870. The summed E-state index contributed by atoms with van der Waals surface area (Å²) in [5.74, 6) is 0.505. The molecule has 1 aliphatic heterocycles. The minimum atomic E-state index is -0.00188. The number of hydrogen-bond acceptors (Lipinski definition) is 4. The number of carbonyl (C=O) groups excluding carboxylic acids is 1. The minimum absolute atomic E-state index is 0.00188. The molecule has 16 heavy (non-hydrogen) atoms. The first-order valence-electron chi connectivity index (χ1n) is 5.60. The van der Waals surface area contributed by atoms with E-state index in [2.05, 4.69) is 0 Å². The first-order valence-corrected chi connectivity index (χ1v) is 6.48. The highest BCUT2D eigenvalue weighted by Gasteiger charge is 2.27. The zero-order valence-corrected chi connectivity index (χ0v) is 10.5. The lowest BCUT2D eigenvalue weighted by molar-refractivity contribution is 0.0939. The van der Waals surface area contributed by atoms with Crippen molar-refractivity contribution in [2.75, 3.05) is 18.9 Å². The van der Waals surface area contributed by atoms with Gasteiger partial charge in [0.25, 0.3) is 0 Å². The van der Waals surface area contributed by atoms with Gasteiger partial charge >= 0.3 is 0 Å². The van der Waals surface area contributed by atoms with Crippen molar-refractivity contribution in [1.29, 1.82) is 0 Å². The first kappa shape index (κ1) is 11.6. The molecule has 1 unspecified atom stereocenters. The van der Waals surface area contributed by atoms with E-state index in [1.807, 2.05) is 19.2 Å². The number of thiophene rings is 1. The van der Waals surface area contributed by atoms with Crippen molar-refractivity contribution in [2.45, 2.75) is 26.2 Å².